The van der Waals surface area contributed by atoms with Crippen LogP contribution in [-0.2, 0) is 0 Å². The van der Waals surface area contributed by atoms with E-state index in [0.717, 1.165) is 6.42 Å². The van der Waals surface area contributed by atoms with Crippen molar-refractivity contribution in [3.05, 3.63) is 52.9 Å². The summed E-state index contributed by atoms with van der Waals surface area (Å²) in [6.45, 7) is 5.81. The molecule has 0 bridgehead atoms. The molecule has 0 radical (unpaired) electrons. The highest BCUT2D eigenvalue weighted by molar-refractivity contribution is 5.96. The largest absolute Gasteiger partial charge is 0.360 e. The summed E-state index contributed by atoms with van der Waals surface area (Å²) < 4.78 is 5.28. The molecule has 4 nitrogen and oxygen atoms in total. The Morgan fingerprint density at radius 2 is 2.05 bits per heavy atom. The topological polar surface area (TPSA) is 55.1 Å². The SMILES string of the molecule is Cc1noc(C(C)C)c1C(=O)N[C@H]1C[C@@H]1c1ccccc1. The zero-order valence-electron chi connectivity index (χ0n) is 12.6. The molecule has 1 aromatic heterocycles. The third-order valence-corrected chi connectivity index (χ3v) is 3.98. The summed E-state index contributed by atoms with van der Waals surface area (Å²) in [7, 11) is 0. The van der Waals surface area contributed by atoms with Crippen LogP contribution >= 0.6 is 0 Å². The van der Waals surface area contributed by atoms with Crippen molar-refractivity contribution in [2.75, 3.05) is 0 Å². The van der Waals surface area contributed by atoms with E-state index in [9.17, 15) is 4.79 Å². The van der Waals surface area contributed by atoms with Gasteiger partial charge in [0.15, 0.2) is 5.76 Å². The van der Waals surface area contributed by atoms with Crippen molar-refractivity contribution in [3.63, 3.8) is 0 Å². The maximum absolute atomic E-state index is 12.5. The fourth-order valence-electron chi connectivity index (χ4n) is 2.72. The molecule has 0 unspecified atom stereocenters. The third kappa shape index (κ3) is 2.71. The van der Waals surface area contributed by atoms with Gasteiger partial charge in [-0.1, -0.05) is 49.3 Å². The van der Waals surface area contributed by atoms with Crippen LogP contribution in [0.2, 0.25) is 0 Å². The Bertz CT molecular complexity index is 646. The number of hydrogen-bond acceptors (Lipinski definition) is 3. The predicted molar refractivity (Wildman–Crippen MR) is 80.4 cm³/mol. The lowest BCUT2D eigenvalue weighted by Gasteiger charge is -2.07. The van der Waals surface area contributed by atoms with Gasteiger partial charge in [0.1, 0.15) is 5.56 Å². The molecule has 110 valence electrons. The van der Waals surface area contributed by atoms with Crippen LogP contribution in [0.1, 0.15) is 59.5 Å². The molecule has 1 amide bonds. The minimum atomic E-state index is -0.0686. The molecule has 1 heterocycles. The van der Waals surface area contributed by atoms with Crippen LogP contribution in [0.5, 0.6) is 0 Å². The zero-order chi connectivity index (χ0) is 15.0. The van der Waals surface area contributed by atoms with Crippen molar-refractivity contribution >= 4 is 5.91 Å². The lowest BCUT2D eigenvalue weighted by atomic mass is 10.0. The van der Waals surface area contributed by atoms with Crippen molar-refractivity contribution in [1.29, 1.82) is 0 Å². The molecular weight excluding hydrogens is 264 g/mol. The summed E-state index contributed by atoms with van der Waals surface area (Å²) >= 11 is 0. The van der Waals surface area contributed by atoms with Crippen LogP contribution in [0.15, 0.2) is 34.9 Å². The van der Waals surface area contributed by atoms with Gasteiger partial charge in [-0.15, -0.1) is 0 Å². The van der Waals surface area contributed by atoms with Crippen LogP contribution < -0.4 is 5.32 Å². The number of aryl methyl sites for hydroxylation is 1. The number of hydrogen-bond donors (Lipinski definition) is 1. The number of benzene rings is 1. The van der Waals surface area contributed by atoms with E-state index in [2.05, 4.69) is 22.6 Å². The molecular formula is C17H20N2O2. The van der Waals surface area contributed by atoms with E-state index >= 15 is 0 Å². The number of carbonyl (C=O) groups excluding carboxylic acids is 1. The minimum absolute atomic E-state index is 0.0686. The molecule has 2 aromatic rings. The maximum atomic E-state index is 12.5. The monoisotopic (exact) mass is 284 g/mol. The van der Waals surface area contributed by atoms with Gasteiger partial charge in [0.25, 0.3) is 5.91 Å². The first-order valence-electron chi connectivity index (χ1n) is 7.40. The smallest absolute Gasteiger partial charge is 0.257 e. The number of nitrogens with one attached hydrogen (secondary N) is 1. The Kier molecular flexibility index (Phi) is 3.53. The average Bonchev–Trinajstić information content (AvgIpc) is 3.11. The molecule has 0 spiro atoms. The van der Waals surface area contributed by atoms with E-state index < -0.39 is 0 Å². The highest BCUT2D eigenvalue weighted by Gasteiger charge is 2.40. The maximum Gasteiger partial charge on any atom is 0.257 e. The standard InChI is InChI=1S/C17H20N2O2/c1-10(2)16-15(11(3)19-21-16)17(20)18-14-9-13(14)12-7-5-4-6-8-12/h4-8,10,13-14H,9H2,1-3H3,(H,18,20)/t13-,14+/m1/s1. The second-order valence-electron chi connectivity index (χ2n) is 5.99. The molecule has 1 aliphatic carbocycles. The molecule has 1 aromatic carbocycles. The van der Waals surface area contributed by atoms with Crippen LogP contribution in [0.3, 0.4) is 0 Å². The predicted octanol–water partition coefficient (Wildman–Crippen LogP) is 3.39. The van der Waals surface area contributed by atoms with Crippen LogP contribution in [-0.4, -0.2) is 17.1 Å². The minimum Gasteiger partial charge on any atom is -0.360 e. The van der Waals surface area contributed by atoms with Crippen molar-refractivity contribution in [3.8, 4) is 0 Å². The van der Waals surface area contributed by atoms with Crippen LogP contribution in [0.25, 0.3) is 0 Å². The first-order valence-corrected chi connectivity index (χ1v) is 7.40. The molecule has 1 aliphatic rings. The molecule has 2 atom stereocenters. The van der Waals surface area contributed by atoms with Crippen molar-refractivity contribution < 1.29 is 9.32 Å². The lowest BCUT2D eigenvalue weighted by molar-refractivity contribution is 0.0947. The van der Waals surface area contributed by atoms with E-state index in [1.54, 1.807) is 0 Å². The van der Waals surface area contributed by atoms with E-state index in [-0.39, 0.29) is 17.9 Å². The van der Waals surface area contributed by atoms with Gasteiger partial charge < -0.3 is 9.84 Å². The van der Waals surface area contributed by atoms with Gasteiger partial charge in [0.2, 0.25) is 0 Å². The van der Waals surface area contributed by atoms with Gasteiger partial charge >= 0.3 is 0 Å². The highest BCUT2D eigenvalue weighted by atomic mass is 16.5. The Morgan fingerprint density at radius 3 is 2.71 bits per heavy atom. The van der Waals surface area contributed by atoms with Gasteiger partial charge in [-0.25, -0.2) is 0 Å². The Morgan fingerprint density at radius 1 is 1.33 bits per heavy atom. The zero-order valence-corrected chi connectivity index (χ0v) is 12.6. The Labute approximate surface area is 124 Å². The molecule has 1 fully saturated rings. The summed E-state index contributed by atoms with van der Waals surface area (Å²) in [4.78, 5) is 12.5. The Balaban J connectivity index is 1.70. The van der Waals surface area contributed by atoms with Crippen molar-refractivity contribution in [2.24, 2.45) is 0 Å². The van der Waals surface area contributed by atoms with Gasteiger partial charge in [-0.2, -0.15) is 0 Å². The molecule has 0 saturated heterocycles. The number of carbonyl (C=O) groups is 1. The number of nitrogens with zero attached hydrogens (tertiary/aromatic N) is 1. The first-order chi connectivity index (χ1) is 10.1. The number of rotatable bonds is 4. The summed E-state index contributed by atoms with van der Waals surface area (Å²) in [5.74, 6) is 1.18. The summed E-state index contributed by atoms with van der Waals surface area (Å²) in [6.07, 6.45) is 0.997. The number of aromatic nitrogens is 1. The molecule has 1 saturated carbocycles. The van der Waals surface area contributed by atoms with E-state index in [4.69, 9.17) is 4.52 Å². The lowest BCUT2D eigenvalue weighted by Crippen LogP contribution is -2.27. The van der Waals surface area contributed by atoms with Gasteiger partial charge in [0.05, 0.1) is 5.69 Å². The fourth-order valence-corrected chi connectivity index (χ4v) is 2.72. The van der Waals surface area contributed by atoms with Crippen molar-refractivity contribution in [1.82, 2.24) is 10.5 Å². The Hall–Kier alpha value is -2.10. The molecule has 4 heteroatoms. The van der Waals surface area contributed by atoms with E-state index in [0.29, 0.717) is 22.9 Å². The van der Waals surface area contributed by atoms with Gasteiger partial charge in [0, 0.05) is 17.9 Å². The third-order valence-electron chi connectivity index (χ3n) is 3.98. The molecule has 1 N–H and O–H groups in total. The normalized spacial score (nSPS) is 20.6. The molecule has 3 rings (SSSR count). The molecule has 0 aliphatic heterocycles. The second kappa shape index (κ2) is 5.35. The number of amides is 1. The summed E-state index contributed by atoms with van der Waals surface area (Å²) in [5, 5.41) is 7.03. The molecule has 21 heavy (non-hydrogen) atoms. The first kappa shape index (κ1) is 13.9. The quantitative estimate of drug-likeness (QED) is 0.936. The summed E-state index contributed by atoms with van der Waals surface area (Å²) in [6, 6.07) is 10.5. The second-order valence-corrected chi connectivity index (χ2v) is 5.99. The van der Waals surface area contributed by atoms with Crippen molar-refractivity contribution in [2.45, 2.75) is 45.1 Å². The van der Waals surface area contributed by atoms with E-state index in [1.807, 2.05) is 39.0 Å². The van der Waals surface area contributed by atoms with Gasteiger partial charge in [-0.3, -0.25) is 4.79 Å². The highest BCUT2D eigenvalue weighted by Crippen LogP contribution is 2.41. The van der Waals surface area contributed by atoms with Crippen LogP contribution in [0, 0.1) is 6.92 Å². The summed E-state index contributed by atoms with van der Waals surface area (Å²) in [5.41, 5.74) is 2.55. The van der Waals surface area contributed by atoms with Crippen LogP contribution in [0.4, 0.5) is 0 Å². The fraction of sp³-hybridized carbons (Fsp3) is 0.412. The van der Waals surface area contributed by atoms with Gasteiger partial charge in [-0.05, 0) is 18.9 Å². The van der Waals surface area contributed by atoms with E-state index in [1.165, 1.54) is 5.56 Å². The average molecular weight is 284 g/mol.